The van der Waals surface area contributed by atoms with Crippen molar-refractivity contribution in [1.82, 2.24) is 5.32 Å². The average Bonchev–Trinajstić information content (AvgIpc) is 2.72. The second-order valence-electron chi connectivity index (χ2n) is 6.15. The van der Waals surface area contributed by atoms with Crippen molar-refractivity contribution in [1.29, 1.82) is 0 Å². The minimum absolute atomic E-state index is 0.0718. The highest BCUT2D eigenvalue weighted by Gasteiger charge is 2.10. The van der Waals surface area contributed by atoms with Gasteiger partial charge in [-0.15, -0.1) is 0 Å². The quantitative estimate of drug-likeness (QED) is 0.546. The molecular weight excluding hydrogens is 358 g/mol. The van der Waals surface area contributed by atoms with Crippen molar-refractivity contribution in [3.63, 3.8) is 0 Å². The lowest BCUT2D eigenvalue weighted by Crippen LogP contribution is -2.24. The van der Waals surface area contributed by atoms with Crippen LogP contribution >= 0.6 is 0 Å². The van der Waals surface area contributed by atoms with E-state index in [0.717, 1.165) is 18.5 Å². The van der Waals surface area contributed by atoms with Crippen molar-refractivity contribution in [3.8, 4) is 11.5 Å². The molecule has 0 heterocycles. The number of unbranched alkanes of at least 4 members (excludes halogenated alkanes) is 1. The third kappa shape index (κ3) is 6.19. The van der Waals surface area contributed by atoms with Crippen molar-refractivity contribution in [2.24, 2.45) is 0 Å². The van der Waals surface area contributed by atoms with Gasteiger partial charge in [-0.2, -0.15) is 0 Å². The zero-order chi connectivity index (χ0) is 20.4. The monoisotopic (exact) mass is 385 g/mol. The highest BCUT2D eigenvalue weighted by atomic mass is 16.5. The zero-order valence-electron chi connectivity index (χ0n) is 16.5. The fraction of sp³-hybridized carbons (Fsp3) is 0.333. The van der Waals surface area contributed by atoms with Gasteiger partial charge in [-0.1, -0.05) is 13.3 Å². The number of hydrogen-bond donors (Lipinski definition) is 3. The Bertz CT molecular complexity index is 791. The van der Waals surface area contributed by atoms with Crippen molar-refractivity contribution in [2.45, 2.75) is 19.8 Å². The lowest BCUT2D eigenvalue weighted by Gasteiger charge is -2.12. The number of hydrogen-bond acceptors (Lipinski definition) is 5. The number of carbonyl (C=O) groups excluding carboxylic acids is 2. The predicted octanol–water partition coefficient (Wildman–Crippen LogP) is 3.28. The van der Waals surface area contributed by atoms with Gasteiger partial charge in [0.25, 0.3) is 5.91 Å². The first kappa shape index (κ1) is 21.1. The summed E-state index contributed by atoms with van der Waals surface area (Å²) in [6.45, 7) is 2.82. The number of nitrogens with one attached hydrogen (secondary N) is 3. The highest BCUT2D eigenvalue weighted by molar-refractivity contribution is 5.96. The first-order valence-electron chi connectivity index (χ1n) is 9.21. The van der Waals surface area contributed by atoms with Crippen LogP contribution in [0, 0.1) is 0 Å². The maximum Gasteiger partial charge on any atom is 0.251 e. The second-order valence-corrected chi connectivity index (χ2v) is 6.15. The molecule has 0 atom stereocenters. The Kier molecular flexibility index (Phi) is 8.14. The van der Waals surface area contributed by atoms with E-state index in [9.17, 15) is 9.59 Å². The van der Waals surface area contributed by atoms with E-state index in [-0.39, 0.29) is 18.4 Å². The van der Waals surface area contributed by atoms with Gasteiger partial charge in [-0.3, -0.25) is 9.59 Å². The molecule has 28 heavy (non-hydrogen) atoms. The van der Waals surface area contributed by atoms with E-state index in [4.69, 9.17) is 9.47 Å². The smallest absolute Gasteiger partial charge is 0.251 e. The van der Waals surface area contributed by atoms with Crippen LogP contribution < -0.4 is 25.4 Å². The molecule has 0 spiro atoms. The van der Waals surface area contributed by atoms with Crippen molar-refractivity contribution >= 4 is 23.2 Å². The van der Waals surface area contributed by atoms with Gasteiger partial charge in [0.05, 0.1) is 26.5 Å². The summed E-state index contributed by atoms with van der Waals surface area (Å²) in [4.78, 5) is 24.2. The van der Waals surface area contributed by atoms with Gasteiger partial charge in [-0.05, 0) is 42.8 Å². The van der Waals surface area contributed by atoms with Crippen LogP contribution in [0.25, 0.3) is 0 Å². The van der Waals surface area contributed by atoms with E-state index in [1.54, 1.807) is 49.6 Å². The zero-order valence-corrected chi connectivity index (χ0v) is 16.5. The van der Waals surface area contributed by atoms with E-state index in [1.807, 2.05) is 0 Å². The maximum absolute atomic E-state index is 12.2. The molecule has 2 aromatic carbocycles. The van der Waals surface area contributed by atoms with Gasteiger partial charge in [-0.25, -0.2) is 0 Å². The van der Waals surface area contributed by atoms with Crippen LogP contribution in [0.2, 0.25) is 0 Å². The number of methoxy groups -OCH3 is 2. The number of anilines is 2. The summed E-state index contributed by atoms with van der Waals surface area (Å²) in [5.74, 6) is 0.847. The fourth-order valence-electron chi connectivity index (χ4n) is 2.51. The molecule has 7 nitrogen and oxygen atoms in total. The number of rotatable bonds is 10. The topological polar surface area (TPSA) is 88.7 Å². The SMILES string of the molecule is CCCCNC(=O)c1ccc(NCC(=O)Nc2cc(OC)ccc2OC)cc1. The number of carbonyl (C=O) groups is 2. The molecule has 0 fully saturated rings. The van der Waals surface area contributed by atoms with E-state index in [2.05, 4.69) is 22.9 Å². The van der Waals surface area contributed by atoms with Gasteiger partial charge in [0.15, 0.2) is 0 Å². The molecule has 150 valence electrons. The largest absolute Gasteiger partial charge is 0.497 e. The molecule has 2 aromatic rings. The Balaban J connectivity index is 1.88. The highest BCUT2D eigenvalue weighted by Crippen LogP contribution is 2.28. The summed E-state index contributed by atoms with van der Waals surface area (Å²) in [6.07, 6.45) is 1.99. The lowest BCUT2D eigenvalue weighted by atomic mass is 10.2. The van der Waals surface area contributed by atoms with Crippen LogP contribution in [0.4, 0.5) is 11.4 Å². The molecule has 0 aliphatic rings. The van der Waals surface area contributed by atoms with Crippen LogP contribution in [-0.4, -0.2) is 39.1 Å². The summed E-state index contributed by atoms with van der Waals surface area (Å²) in [5.41, 5.74) is 1.87. The second kappa shape index (κ2) is 10.8. The minimum Gasteiger partial charge on any atom is -0.497 e. The molecule has 7 heteroatoms. The van der Waals surface area contributed by atoms with Crippen LogP contribution in [0.3, 0.4) is 0 Å². The van der Waals surface area contributed by atoms with E-state index >= 15 is 0 Å². The number of benzene rings is 2. The average molecular weight is 385 g/mol. The van der Waals surface area contributed by atoms with Crippen molar-refractivity contribution in [2.75, 3.05) is 37.9 Å². The van der Waals surface area contributed by atoms with E-state index < -0.39 is 0 Å². The Morgan fingerprint density at radius 3 is 2.39 bits per heavy atom. The number of amides is 2. The Hall–Kier alpha value is -3.22. The molecule has 0 aromatic heterocycles. The molecule has 0 saturated carbocycles. The summed E-state index contributed by atoms with van der Waals surface area (Å²) < 4.78 is 10.4. The molecule has 2 amide bonds. The molecule has 0 aliphatic heterocycles. The first-order chi connectivity index (χ1) is 13.6. The normalized spacial score (nSPS) is 10.1. The van der Waals surface area contributed by atoms with Crippen molar-refractivity contribution in [3.05, 3.63) is 48.0 Å². The third-order valence-corrected chi connectivity index (χ3v) is 4.10. The van der Waals surface area contributed by atoms with Gasteiger partial charge in [0, 0.05) is 23.9 Å². The van der Waals surface area contributed by atoms with E-state index in [0.29, 0.717) is 29.3 Å². The standard InChI is InChI=1S/C21H27N3O4/c1-4-5-12-22-21(26)15-6-8-16(9-7-15)23-14-20(25)24-18-13-17(27-2)10-11-19(18)28-3/h6-11,13,23H,4-5,12,14H2,1-3H3,(H,22,26)(H,24,25). The Morgan fingerprint density at radius 1 is 1.00 bits per heavy atom. The first-order valence-corrected chi connectivity index (χ1v) is 9.21. The molecule has 2 rings (SSSR count). The van der Waals surface area contributed by atoms with E-state index in [1.165, 1.54) is 7.11 Å². The summed E-state index contributed by atoms with van der Waals surface area (Å²) in [5, 5.41) is 8.70. The molecule has 3 N–H and O–H groups in total. The van der Waals surface area contributed by atoms with Crippen LogP contribution in [-0.2, 0) is 4.79 Å². The van der Waals surface area contributed by atoms with Crippen LogP contribution in [0.15, 0.2) is 42.5 Å². The molecule has 0 aliphatic carbocycles. The molecule has 0 saturated heterocycles. The predicted molar refractivity (Wildman–Crippen MR) is 110 cm³/mol. The minimum atomic E-state index is -0.229. The Morgan fingerprint density at radius 2 is 1.75 bits per heavy atom. The van der Waals surface area contributed by atoms with Crippen LogP contribution in [0.1, 0.15) is 30.1 Å². The summed E-state index contributed by atoms with van der Waals surface area (Å²) in [6, 6.07) is 12.2. The summed E-state index contributed by atoms with van der Waals surface area (Å²) in [7, 11) is 3.10. The van der Waals surface area contributed by atoms with Gasteiger partial charge in [0.1, 0.15) is 11.5 Å². The van der Waals surface area contributed by atoms with Gasteiger partial charge in [0.2, 0.25) is 5.91 Å². The third-order valence-electron chi connectivity index (χ3n) is 4.10. The maximum atomic E-state index is 12.2. The van der Waals surface area contributed by atoms with Gasteiger partial charge >= 0.3 is 0 Å². The molecule has 0 unspecified atom stereocenters. The van der Waals surface area contributed by atoms with Crippen molar-refractivity contribution < 1.29 is 19.1 Å². The summed E-state index contributed by atoms with van der Waals surface area (Å²) >= 11 is 0. The molecular formula is C21H27N3O4. The lowest BCUT2D eigenvalue weighted by molar-refractivity contribution is -0.114. The molecule has 0 bridgehead atoms. The van der Waals surface area contributed by atoms with Crippen LogP contribution in [0.5, 0.6) is 11.5 Å². The number of ether oxygens (including phenoxy) is 2. The van der Waals surface area contributed by atoms with Gasteiger partial charge < -0.3 is 25.4 Å². The molecule has 0 radical (unpaired) electrons. The Labute approximate surface area is 165 Å². The fourth-order valence-corrected chi connectivity index (χ4v) is 2.51.